The van der Waals surface area contributed by atoms with Gasteiger partial charge in [0.15, 0.2) is 0 Å². The summed E-state index contributed by atoms with van der Waals surface area (Å²) in [7, 11) is 0. The first-order valence-corrected chi connectivity index (χ1v) is 7.28. The molecule has 2 aromatic heterocycles. The topological polar surface area (TPSA) is 38.0 Å². The van der Waals surface area contributed by atoms with Crippen LogP contribution in [0.1, 0.15) is 23.6 Å². The van der Waals surface area contributed by atoms with Crippen LogP contribution < -0.4 is 0 Å². The van der Waals surface area contributed by atoms with E-state index in [1.54, 1.807) is 22.2 Å². The molecule has 98 valence electrons. The molecular formula is C14H13ClN2OS. The molecule has 0 spiro atoms. The quantitative estimate of drug-likeness (QED) is 0.796. The number of aliphatic hydroxyl groups is 1. The number of thiophene rings is 1. The summed E-state index contributed by atoms with van der Waals surface area (Å²) < 4.78 is 2.90. The van der Waals surface area contributed by atoms with E-state index < -0.39 is 6.10 Å². The number of fused-ring (bicyclic) bond motifs is 1. The molecule has 19 heavy (non-hydrogen) atoms. The zero-order valence-corrected chi connectivity index (χ0v) is 11.9. The minimum Gasteiger partial charge on any atom is -0.381 e. The molecule has 3 aromatic rings. The van der Waals surface area contributed by atoms with Gasteiger partial charge in [-0.05, 0) is 24.4 Å². The van der Waals surface area contributed by atoms with Crippen LogP contribution in [0.2, 0.25) is 5.02 Å². The van der Waals surface area contributed by atoms with E-state index in [9.17, 15) is 5.11 Å². The highest BCUT2D eigenvalue weighted by Gasteiger charge is 2.21. The Labute approximate surface area is 120 Å². The summed E-state index contributed by atoms with van der Waals surface area (Å²) in [6, 6.07) is 10.1. The van der Waals surface area contributed by atoms with Gasteiger partial charge in [0.05, 0.1) is 16.9 Å². The van der Waals surface area contributed by atoms with Gasteiger partial charge in [-0.15, -0.1) is 11.3 Å². The van der Waals surface area contributed by atoms with Crippen molar-refractivity contribution in [1.82, 2.24) is 9.78 Å². The average Bonchev–Trinajstić information content (AvgIpc) is 3.01. The van der Waals surface area contributed by atoms with Crippen LogP contribution in [0, 0.1) is 0 Å². The van der Waals surface area contributed by atoms with Crippen LogP contribution in [0.3, 0.4) is 0 Å². The predicted molar refractivity (Wildman–Crippen MR) is 78.8 cm³/mol. The van der Waals surface area contributed by atoms with Gasteiger partial charge in [-0.25, -0.2) is 0 Å². The third-order valence-corrected chi connectivity index (χ3v) is 4.57. The van der Waals surface area contributed by atoms with Crippen LogP contribution in [0.5, 0.6) is 0 Å². The Kier molecular flexibility index (Phi) is 3.31. The zero-order chi connectivity index (χ0) is 13.4. The van der Waals surface area contributed by atoms with Crippen molar-refractivity contribution in [1.29, 1.82) is 0 Å². The number of aliphatic hydroxyl groups excluding tert-OH is 1. The van der Waals surface area contributed by atoms with E-state index in [-0.39, 0.29) is 0 Å². The van der Waals surface area contributed by atoms with Crippen LogP contribution in [-0.2, 0) is 6.54 Å². The van der Waals surface area contributed by atoms with Crippen molar-refractivity contribution in [2.75, 3.05) is 0 Å². The van der Waals surface area contributed by atoms with Gasteiger partial charge in [-0.3, -0.25) is 4.68 Å². The third kappa shape index (κ3) is 2.16. The fourth-order valence-electron chi connectivity index (χ4n) is 2.17. The van der Waals surface area contributed by atoms with Crippen molar-refractivity contribution in [2.24, 2.45) is 0 Å². The standard InChI is InChI=1S/C14H13ClN2OS/c1-2-17-13(10(15)8-16-17)14(18)12-7-9-5-3-4-6-11(9)19-12/h3-8,14,18H,2H2,1H3. The molecule has 0 amide bonds. The van der Waals surface area contributed by atoms with Crippen molar-refractivity contribution in [3.05, 3.63) is 52.1 Å². The molecule has 0 bridgehead atoms. The molecule has 0 radical (unpaired) electrons. The first kappa shape index (κ1) is 12.7. The minimum absolute atomic E-state index is 0.506. The van der Waals surface area contributed by atoms with Crippen LogP contribution in [-0.4, -0.2) is 14.9 Å². The summed E-state index contributed by atoms with van der Waals surface area (Å²) in [4.78, 5) is 0.887. The largest absolute Gasteiger partial charge is 0.381 e. The molecule has 0 fully saturated rings. The Bertz CT molecular complexity index is 686. The smallest absolute Gasteiger partial charge is 0.131 e. The fraction of sp³-hybridized carbons (Fsp3) is 0.214. The summed E-state index contributed by atoms with van der Waals surface area (Å²) in [6.07, 6.45) is 0.851. The zero-order valence-electron chi connectivity index (χ0n) is 10.4. The molecule has 5 heteroatoms. The van der Waals surface area contributed by atoms with E-state index in [0.717, 1.165) is 15.0 Å². The molecule has 1 aromatic carbocycles. The van der Waals surface area contributed by atoms with Gasteiger partial charge < -0.3 is 5.11 Å². The lowest BCUT2D eigenvalue weighted by atomic mass is 10.2. The molecule has 0 saturated heterocycles. The Morgan fingerprint density at radius 2 is 2.21 bits per heavy atom. The lowest BCUT2D eigenvalue weighted by Crippen LogP contribution is -2.08. The number of nitrogens with zero attached hydrogens (tertiary/aromatic N) is 2. The highest BCUT2D eigenvalue weighted by Crippen LogP contribution is 2.35. The second-order valence-corrected chi connectivity index (χ2v) is 5.81. The van der Waals surface area contributed by atoms with Gasteiger partial charge in [0.2, 0.25) is 0 Å². The van der Waals surface area contributed by atoms with Crippen molar-refractivity contribution < 1.29 is 5.11 Å². The second-order valence-electron chi connectivity index (χ2n) is 4.28. The summed E-state index contributed by atoms with van der Waals surface area (Å²) in [5.41, 5.74) is 0.663. The number of hydrogen-bond donors (Lipinski definition) is 1. The van der Waals surface area contributed by atoms with E-state index in [1.807, 2.05) is 31.2 Å². The molecule has 1 N–H and O–H groups in total. The first-order valence-electron chi connectivity index (χ1n) is 6.08. The van der Waals surface area contributed by atoms with Crippen molar-refractivity contribution in [3.63, 3.8) is 0 Å². The maximum absolute atomic E-state index is 10.5. The van der Waals surface area contributed by atoms with Gasteiger partial charge in [0.25, 0.3) is 0 Å². The molecule has 0 saturated carbocycles. The Morgan fingerprint density at radius 3 is 2.95 bits per heavy atom. The summed E-state index contributed by atoms with van der Waals surface area (Å²) in [5, 5.41) is 16.3. The highest BCUT2D eigenvalue weighted by atomic mass is 35.5. The normalized spacial score (nSPS) is 13.0. The van der Waals surface area contributed by atoms with Crippen LogP contribution in [0.25, 0.3) is 10.1 Å². The van der Waals surface area contributed by atoms with Gasteiger partial charge in [-0.2, -0.15) is 5.10 Å². The lowest BCUT2D eigenvalue weighted by molar-refractivity contribution is 0.212. The highest BCUT2D eigenvalue weighted by molar-refractivity contribution is 7.19. The lowest BCUT2D eigenvalue weighted by Gasteiger charge is -2.11. The molecule has 3 nitrogen and oxygen atoms in total. The van der Waals surface area contributed by atoms with Crippen molar-refractivity contribution in [2.45, 2.75) is 19.6 Å². The van der Waals surface area contributed by atoms with E-state index in [1.165, 1.54) is 0 Å². The van der Waals surface area contributed by atoms with Gasteiger partial charge >= 0.3 is 0 Å². The Balaban J connectivity index is 2.07. The number of benzene rings is 1. The molecule has 0 aliphatic carbocycles. The summed E-state index contributed by atoms with van der Waals surface area (Å²) in [5.74, 6) is 0. The molecule has 0 aliphatic heterocycles. The number of rotatable bonds is 3. The average molecular weight is 293 g/mol. The van der Waals surface area contributed by atoms with Gasteiger partial charge in [-0.1, -0.05) is 29.8 Å². The molecule has 2 heterocycles. The summed E-state index contributed by atoms with van der Waals surface area (Å²) >= 11 is 7.71. The van der Waals surface area contributed by atoms with E-state index in [4.69, 9.17) is 11.6 Å². The fourth-order valence-corrected chi connectivity index (χ4v) is 3.47. The number of halogens is 1. The Hall–Kier alpha value is -1.36. The number of aryl methyl sites for hydroxylation is 1. The molecular weight excluding hydrogens is 280 g/mol. The third-order valence-electron chi connectivity index (χ3n) is 3.11. The monoisotopic (exact) mass is 292 g/mol. The van der Waals surface area contributed by atoms with Gasteiger partial charge in [0.1, 0.15) is 6.10 Å². The molecule has 1 atom stereocenters. The molecule has 3 rings (SSSR count). The predicted octanol–water partition coefficient (Wildman–Crippen LogP) is 3.85. The number of hydrogen-bond acceptors (Lipinski definition) is 3. The first-order chi connectivity index (χ1) is 9.20. The van der Waals surface area contributed by atoms with Crippen LogP contribution in [0.4, 0.5) is 0 Å². The SMILES string of the molecule is CCn1ncc(Cl)c1C(O)c1cc2ccccc2s1. The Morgan fingerprint density at radius 1 is 1.42 bits per heavy atom. The molecule has 0 aliphatic rings. The van der Waals surface area contributed by atoms with E-state index in [0.29, 0.717) is 17.3 Å². The van der Waals surface area contributed by atoms with Crippen molar-refractivity contribution >= 4 is 33.0 Å². The van der Waals surface area contributed by atoms with Gasteiger partial charge in [0, 0.05) is 16.1 Å². The van der Waals surface area contributed by atoms with E-state index in [2.05, 4.69) is 11.2 Å². The van der Waals surface area contributed by atoms with Crippen molar-refractivity contribution in [3.8, 4) is 0 Å². The maximum atomic E-state index is 10.5. The van der Waals surface area contributed by atoms with Crippen LogP contribution in [0.15, 0.2) is 36.5 Å². The van der Waals surface area contributed by atoms with E-state index >= 15 is 0 Å². The van der Waals surface area contributed by atoms with Crippen LogP contribution >= 0.6 is 22.9 Å². The molecule has 1 unspecified atom stereocenters. The second kappa shape index (κ2) is 4.96. The maximum Gasteiger partial charge on any atom is 0.131 e. The number of aromatic nitrogens is 2. The summed E-state index contributed by atoms with van der Waals surface area (Å²) in [6.45, 7) is 2.66. The minimum atomic E-state index is -0.729.